The second-order valence-corrected chi connectivity index (χ2v) is 9.15. The van der Waals surface area contributed by atoms with Crippen LogP contribution in [0.2, 0.25) is 0 Å². The number of benzene rings is 2. The normalized spacial score (nSPS) is 19.8. The van der Waals surface area contributed by atoms with Gasteiger partial charge in [0.1, 0.15) is 14.1 Å². The van der Waals surface area contributed by atoms with E-state index in [0.29, 0.717) is 11.8 Å². The maximum atomic E-state index is 2.42. The zero-order chi connectivity index (χ0) is 20.8. The van der Waals surface area contributed by atoms with Crippen molar-refractivity contribution in [3.8, 4) is 0 Å². The number of nitrogens with zero attached hydrogens (tertiary/aromatic N) is 1. The Morgan fingerprint density at radius 3 is 1.67 bits per heavy atom. The maximum absolute atomic E-state index is 2.42. The number of allylic oxidation sites excluding steroid dienone is 8. The third-order valence-electron chi connectivity index (χ3n) is 6.95. The first-order valence-corrected chi connectivity index (χ1v) is 11.0. The highest BCUT2D eigenvalue weighted by Crippen LogP contribution is 2.51. The zero-order valence-corrected chi connectivity index (χ0v) is 18.4. The molecule has 1 heteroatoms. The van der Waals surface area contributed by atoms with Crippen molar-refractivity contribution in [3.63, 3.8) is 0 Å². The van der Waals surface area contributed by atoms with E-state index in [1.54, 1.807) is 11.1 Å². The Kier molecular flexibility index (Phi) is 4.70. The molecule has 2 aromatic carbocycles. The molecule has 3 aliphatic rings. The van der Waals surface area contributed by atoms with Crippen molar-refractivity contribution in [1.82, 2.24) is 0 Å². The first kappa shape index (κ1) is 19.1. The summed E-state index contributed by atoms with van der Waals surface area (Å²) in [5.41, 5.74) is 13.3. The van der Waals surface area contributed by atoms with Gasteiger partial charge in [-0.05, 0) is 60.1 Å². The van der Waals surface area contributed by atoms with Crippen molar-refractivity contribution in [2.75, 3.05) is 14.1 Å². The van der Waals surface area contributed by atoms with Crippen LogP contribution in [0.5, 0.6) is 0 Å². The van der Waals surface area contributed by atoms with Crippen molar-refractivity contribution in [3.05, 3.63) is 106 Å². The van der Waals surface area contributed by atoms with Crippen LogP contribution in [0.1, 0.15) is 36.1 Å². The molecule has 30 heavy (non-hydrogen) atoms. The lowest BCUT2D eigenvalue weighted by atomic mass is 9.73. The molecule has 0 saturated heterocycles. The Balaban J connectivity index is 1.69. The van der Waals surface area contributed by atoms with Crippen molar-refractivity contribution >= 4 is 16.9 Å². The minimum atomic E-state index is 0.355. The van der Waals surface area contributed by atoms with Gasteiger partial charge in [-0.25, -0.2) is 4.58 Å². The minimum Gasteiger partial charge on any atom is -0.235 e. The first-order valence-electron chi connectivity index (χ1n) is 11.0. The molecule has 0 heterocycles. The van der Waals surface area contributed by atoms with Crippen molar-refractivity contribution in [2.45, 2.75) is 26.7 Å². The fourth-order valence-corrected chi connectivity index (χ4v) is 5.55. The first-order chi connectivity index (χ1) is 14.5. The van der Waals surface area contributed by atoms with Crippen molar-refractivity contribution in [2.24, 2.45) is 11.8 Å². The molecular formula is C29H30N+. The number of fused-ring (bicyclic) bond motifs is 2. The van der Waals surface area contributed by atoms with E-state index < -0.39 is 0 Å². The van der Waals surface area contributed by atoms with Crippen molar-refractivity contribution in [1.29, 1.82) is 0 Å². The lowest BCUT2D eigenvalue weighted by molar-refractivity contribution is -0.462. The highest BCUT2D eigenvalue weighted by molar-refractivity contribution is 6.01. The van der Waals surface area contributed by atoms with Gasteiger partial charge in [0.15, 0.2) is 5.71 Å². The summed E-state index contributed by atoms with van der Waals surface area (Å²) in [4.78, 5) is 0. The molecule has 0 aliphatic heterocycles. The highest BCUT2D eigenvalue weighted by Gasteiger charge is 2.36. The molecular weight excluding hydrogens is 362 g/mol. The smallest absolute Gasteiger partial charge is 0.198 e. The molecule has 0 fully saturated rings. The van der Waals surface area contributed by atoms with Crippen LogP contribution < -0.4 is 0 Å². The zero-order valence-electron chi connectivity index (χ0n) is 18.4. The molecule has 0 amide bonds. The van der Waals surface area contributed by atoms with E-state index in [9.17, 15) is 0 Å². The maximum Gasteiger partial charge on any atom is 0.198 e. The van der Waals surface area contributed by atoms with E-state index >= 15 is 0 Å². The number of hydrogen-bond acceptors (Lipinski definition) is 0. The molecule has 0 N–H and O–H groups in total. The van der Waals surface area contributed by atoms with Crippen LogP contribution in [0.15, 0.2) is 84.0 Å². The third kappa shape index (κ3) is 3.04. The molecule has 0 radical (unpaired) electrons. The summed E-state index contributed by atoms with van der Waals surface area (Å²) < 4.78 is 2.18. The van der Waals surface area contributed by atoms with Crippen LogP contribution >= 0.6 is 0 Å². The van der Waals surface area contributed by atoms with Crippen LogP contribution in [0.25, 0.3) is 11.1 Å². The van der Waals surface area contributed by atoms with Crippen LogP contribution in [-0.2, 0) is 12.8 Å². The Morgan fingerprint density at radius 2 is 1.20 bits per heavy atom. The lowest BCUT2D eigenvalue weighted by Crippen LogP contribution is -2.20. The predicted octanol–water partition coefficient (Wildman–Crippen LogP) is 6.12. The molecule has 5 rings (SSSR count). The molecule has 3 aliphatic carbocycles. The summed E-state index contributed by atoms with van der Waals surface area (Å²) in [5, 5.41) is 0. The Labute approximate surface area is 180 Å². The number of rotatable bonds is 3. The van der Waals surface area contributed by atoms with Crippen LogP contribution in [-0.4, -0.2) is 24.4 Å². The lowest BCUT2D eigenvalue weighted by Gasteiger charge is -2.30. The van der Waals surface area contributed by atoms with Gasteiger partial charge in [0.2, 0.25) is 0 Å². The predicted molar refractivity (Wildman–Crippen MR) is 128 cm³/mol. The van der Waals surface area contributed by atoms with Gasteiger partial charge >= 0.3 is 0 Å². The van der Waals surface area contributed by atoms with Gasteiger partial charge in [-0.1, -0.05) is 71.8 Å². The Bertz CT molecular complexity index is 1090. The highest BCUT2D eigenvalue weighted by atomic mass is 14.9. The largest absolute Gasteiger partial charge is 0.235 e. The topological polar surface area (TPSA) is 3.01 Å². The SMILES string of the molecule is CC1=C(C(C2=C(C)Cc3ccccc32)C2C=CC(=[N+](C)C)C=C2)c2ccccc2C1. The Hall–Kier alpha value is -2.93. The van der Waals surface area contributed by atoms with Gasteiger partial charge in [0, 0.05) is 24.0 Å². The van der Waals surface area contributed by atoms with E-state index in [1.165, 1.54) is 39.1 Å². The minimum absolute atomic E-state index is 0.355. The molecule has 0 unspecified atom stereocenters. The fourth-order valence-electron chi connectivity index (χ4n) is 5.55. The van der Waals surface area contributed by atoms with Crippen LogP contribution in [0.4, 0.5) is 0 Å². The molecule has 0 bridgehead atoms. The molecule has 150 valence electrons. The second-order valence-electron chi connectivity index (χ2n) is 9.15. The van der Waals surface area contributed by atoms with Gasteiger partial charge in [-0.2, -0.15) is 0 Å². The van der Waals surface area contributed by atoms with E-state index in [1.807, 2.05) is 0 Å². The van der Waals surface area contributed by atoms with Gasteiger partial charge < -0.3 is 0 Å². The summed E-state index contributed by atoms with van der Waals surface area (Å²) in [7, 11) is 4.23. The molecule has 0 atom stereocenters. The average molecular weight is 393 g/mol. The molecule has 0 aromatic heterocycles. The summed E-state index contributed by atoms with van der Waals surface area (Å²) in [6, 6.07) is 18.0. The van der Waals surface area contributed by atoms with Gasteiger partial charge in [0.25, 0.3) is 0 Å². The number of hydrogen-bond donors (Lipinski definition) is 0. The van der Waals surface area contributed by atoms with Crippen LogP contribution in [0, 0.1) is 11.8 Å². The second kappa shape index (κ2) is 7.40. The monoisotopic (exact) mass is 392 g/mol. The summed E-state index contributed by atoms with van der Waals surface area (Å²) >= 11 is 0. The summed E-state index contributed by atoms with van der Waals surface area (Å²) in [6.07, 6.45) is 11.6. The molecule has 1 nitrogen and oxygen atoms in total. The standard InChI is InChI=1S/C29H30N/c1-19-17-22-9-5-7-11-25(22)27(19)29(21-13-15-24(16-14-21)30(3)4)28-20(2)18-23-10-6-8-12-26(23)28/h5-16,21,29H,17-18H2,1-4H3/q+1. The van der Waals surface area contributed by atoms with E-state index in [4.69, 9.17) is 0 Å². The quantitative estimate of drug-likeness (QED) is 0.554. The van der Waals surface area contributed by atoms with Crippen molar-refractivity contribution < 1.29 is 4.58 Å². The van der Waals surface area contributed by atoms with Crippen LogP contribution in [0.3, 0.4) is 0 Å². The molecule has 0 spiro atoms. The van der Waals surface area contributed by atoms with E-state index in [2.05, 4.69) is 105 Å². The summed E-state index contributed by atoms with van der Waals surface area (Å²) in [5.74, 6) is 0.717. The van der Waals surface area contributed by atoms with Gasteiger partial charge in [-0.3, -0.25) is 0 Å². The third-order valence-corrected chi connectivity index (χ3v) is 6.95. The average Bonchev–Trinajstić information content (AvgIpc) is 3.25. The van der Waals surface area contributed by atoms with E-state index in [-0.39, 0.29) is 0 Å². The van der Waals surface area contributed by atoms with E-state index in [0.717, 1.165) is 12.8 Å². The van der Waals surface area contributed by atoms with Gasteiger partial charge in [-0.15, -0.1) is 0 Å². The van der Waals surface area contributed by atoms with Gasteiger partial charge in [0.05, 0.1) is 0 Å². The fraction of sp³-hybridized carbons (Fsp3) is 0.276. The molecule has 2 aromatic rings. The molecule has 0 saturated carbocycles. The Morgan fingerprint density at radius 1 is 0.733 bits per heavy atom. The summed E-state index contributed by atoms with van der Waals surface area (Å²) in [6.45, 7) is 4.68.